The van der Waals surface area contributed by atoms with Gasteiger partial charge in [0.15, 0.2) is 0 Å². The summed E-state index contributed by atoms with van der Waals surface area (Å²) in [4.78, 5) is 0. The molecular weight excluding hydrogens is 214 g/mol. The minimum Gasteiger partial charge on any atom is -0.380 e. The van der Waals surface area contributed by atoms with Crippen LogP contribution >= 0.6 is 0 Å². The molecule has 1 saturated heterocycles. The number of rotatable bonds is 6. The van der Waals surface area contributed by atoms with Crippen LogP contribution in [0.2, 0.25) is 0 Å². The van der Waals surface area contributed by atoms with Crippen molar-refractivity contribution >= 4 is 0 Å². The quantitative estimate of drug-likeness (QED) is 0.777. The van der Waals surface area contributed by atoms with Gasteiger partial charge in [-0.15, -0.1) is 0 Å². The van der Waals surface area contributed by atoms with Crippen LogP contribution in [0.1, 0.15) is 41.0 Å². The summed E-state index contributed by atoms with van der Waals surface area (Å²) in [6, 6.07) is 0.427. The SMILES string of the molecule is CCOC[C@H](C)NC[C@H]1CCO[C@@H]1C(C)(C)C. The highest BCUT2D eigenvalue weighted by Gasteiger charge is 2.36. The molecule has 0 bridgehead atoms. The van der Waals surface area contributed by atoms with Crippen molar-refractivity contribution in [2.45, 2.75) is 53.2 Å². The van der Waals surface area contributed by atoms with Crippen LogP contribution in [0.3, 0.4) is 0 Å². The Labute approximate surface area is 106 Å². The largest absolute Gasteiger partial charge is 0.380 e. The lowest BCUT2D eigenvalue weighted by atomic mass is 9.81. The van der Waals surface area contributed by atoms with Gasteiger partial charge in [-0.3, -0.25) is 0 Å². The molecule has 3 heteroatoms. The van der Waals surface area contributed by atoms with Gasteiger partial charge >= 0.3 is 0 Å². The van der Waals surface area contributed by atoms with Gasteiger partial charge in [-0.2, -0.15) is 0 Å². The van der Waals surface area contributed by atoms with E-state index in [2.05, 4.69) is 33.0 Å². The Morgan fingerprint density at radius 1 is 1.41 bits per heavy atom. The van der Waals surface area contributed by atoms with Gasteiger partial charge in [0.1, 0.15) is 0 Å². The Balaban J connectivity index is 2.30. The summed E-state index contributed by atoms with van der Waals surface area (Å²) in [7, 11) is 0. The Bertz CT molecular complexity index is 213. The van der Waals surface area contributed by atoms with Crippen LogP contribution in [0.15, 0.2) is 0 Å². The van der Waals surface area contributed by atoms with E-state index in [0.29, 0.717) is 18.1 Å². The maximum Gasteiger partial charge on any atom is 0.0664 e. The van der Waals surface area contributed by atoms with Crippen molar-refractivity contribution in [1.82, 2.24) is 5.32 Å². The van der Waals surface area contributed by atoms with Crippen LogP contribution in [-0.4, -0.2) is 38.5 Å². The predicted molar refractivity (Wildman–Crippen MR) is 71.3 cm³/mol. The summed E-state index contributed by atoms with van der Waals surface area (Å²) >= 11 is 0. The minimum atomic E-state index is 0.242. The van der Waals surface area contributed by atoms with Gasteiger partial charge in [-0.25, -0.2) is 0 Å². The monoisotopic (exact) mass is 243 g/mol. The molecule has 3 nitrogen and oxygen atoms in total. The fraction of sp³-hybridized carbons (Fsp3) is 1.00. The highest BCUT2D eigenvalue weighted by atomic mass is 16.5. The van der Waals surface area contributed by atoms with E-state index in [1.807, 2.05) is 6.92 Å². The predicted octanol–water partition coefficient (Wildman–Crippen LogP) is 2.45. The third kappa shape index (κ3) is 4.94. The Kier molecular flexibility index (Phi) is 5.90. The van der Waals surface area contributed by atoms with E-state index in [-0.39, 0.29) is 5.41 Å². The summed E-state index contributed by atoms with van der Waals surface area (Å²) in [6.07, 6.45) is 1.56. The molecule has 0 unspecified atom stereocenters. The van der Waals surface area contributed by atoms with E-state index in [9.17, 15) is 0 Å². The van der Waals surface area contributed by atoms with Gasteiger partial charge in [0.2, 0.25) is 0 Å². The van der Waals surface area contributed by atoms with Gasteiger partial charge < -0.3 is 14.8 Å². The third-order valence-electron chi connectivity index (χ3n) is 3.37. The summed E-state index contributed by atoms with van der Waals surface area (Å²) in [5.74, 6) is 0.638. The van der Waals surface area contributed by atoms with Gasteiger partial charge in [0.25, 0.3) is 0 Å². The summed E-state index contributed by atoms with van der Waals surface area (Å²) in [5, 5.41) is 3.56. The number of hydrogen-bond acceptors (Lipinski definition) is 3. The normalized spacial score (nSPS) is 27.4. The highest BCUT2D eigenvalue weighted by molar-refractivity contribution is 4.87. The molecule has 0 aromatic carbocycles. The smallest absolute Gasteiger partial charge is 0.0664 e. The lowest BCUT2D eigenvalue weighted by molar-refractivity contribution is 0.00620. The van der Waals surface area contributed by atoms with Crippen LogP contribution in [-0.2, 0) is 9.47 Å². The van der Waals surface area contributed by atoms with Crippen molar-refractivity contribution in [2.24, 2.45) is 11.3 Å². The van der Waals surface area contributed by atoms with Crippen LogP contribution in [0.5, 0.6) is 0 Å². The molecule has 0 saturated carbocycles. The zero-order valence-corrected chi connectivity index (χ0v) is 12.1. The molecule has 1 heterocycles. The van der Waals surface area contributed by atoms with Gasteiger partial charge in [-0.05, 0) is 25.7 Å². The molecule has 17 heavy (non-hydrogen) atoms. The molecular formula is C14H29NO2. The van der Waals surface area contributed by atoms with Crippen molar-refractivity contribution in [3.8, 4) is 0 Å². The van der Waals surface area contributed by atoms with Crippen molar-refractivity contribution < 1.29 is 9.47 Å². The Morgan fingerprint density at radius 3 is 2.71 bits per heavy atom. The molecule has 1 aliphatic rings. The summed E-state index contributed by atoms with van der Waals surface area (Å²) in [5.41, 5.74) is 0.242. The van der Waals surface area contributed by atoms with E-state index in [0.717, 1.165) is 26.4 Å². The van der Waals surface area contributed by atoms with E-state index in [1.165, 1.54) is 6.42 Å². The molecule has 1 N–H and O–H groups in total. The average Bonchev–Trinajstić information content (AvgIpc) is 2.71. The van der Waals surface area contributed by atoms with E-state index >= 15 is 0 Å². The van der Waals surface area contributed by atoms with Crippen molar-refractivity contribution in [2.75, 3.05) is 26.4 Å². The van der Waals surface area contributed by atoms with Crippen molar-refractivity contribution in [1.29, 1.82) is 0 Å². The first kappa shape index (κ1) is 14.9. The molecule has 0 radical (unpaired) electrons. The lowest BCUT2D eigenvalue weighted by Gasteiger charge is -2.31. The van der Waals surface area contributed by atoms with Crippen molar-refractivity contribution in [3.63, 3.8) is 0 Å². The fourth-order valence-electron chi connectivity index (χ4n) is 2.51. The van der Waals surface area contributed by atoms with Crippen LogP contribution in [0, 0.1) is 11.3 Å². The van der Waals surface area contributed by atoms with Gasteiger partial charge in [0, 0.05) is 31.7 Å². The molecule has 1 aliphatic heterocycles. The molecule has 1 fully saturated rings. The first-order chi connectivity index (χ1) is 7.95. The number of nitrogens with one attached hydrogen (secondary N) is 1. The molecule has 0 spiro atoms. The van der Waals surface area contributed by atoms with Crippen molar-refractivity contribution in [3.05, 3.63) is 0 Å². The maximum absolute atomic E-state index is 5.87. The van der Waals surface area contributed by atoms with Gasteiger partial charge in [0.05, 0.1) is 12.7 Å². The Morgan fingerprint density at radius 2 is 2.12 bits per heavy atom. The van der Waals surface area contributed by atoms with Crippen LogP contribution in [0.25, 0.3) is 0 Å². The first-order valence-electron chi connectivity index (χ1n) is 6.88. The van der Waals surface area contributed by atoms with E-state index in [1.54, 1.807) is 0 Å². The average molecular weight is 243 g/mol. The second-order valence-electron chi connectivity index (χ2n) is 6.17. The third-order valence-corrected chi connectivity index (χ3v) is 3.37. The molecule has 0 aromatic heterocycles. The summed E-state index contributed by atoms with van der Waals surface area (Å²) in [6.45, 7) is 14.5. The zero-order chi connectivity index (χ0) is 12.9. The number of hydrogen-bond donors (Lipinski definition) is 1. The maximum atomic E-state index is 5.87. The molecule has 1 rings (SSSR count). The van der Waals surface area contributed by atoms with E-state index < -0.39 is 0 Å². The second-order valence-corrected chi connectivity index (χ2v) is 6.17. The van der Waals surface area contributed by atoms with Gasteiger partial charge in [-0.1, -0.05) is 20.8 Å². The zero-order valence-electron chi connectivity index (χ0n) is 12.1. The molecule has 3 atom stereocenters. The number of ether oxygens (including phenoxy) is 2. The molecule has 0 aliphatic carbocycles. The summed E-state index contributed by atoms with van der Waals surface area (Å²) < 4.78 is 11.3. The Hall–Kier alpha value is -0.120. The fourth-order valence-corrected chi connectivity index (χ4v) is 2.51. The molecule has 102 valence electrons. The topological polar surface area (TPSA) is 30.5 Å². The first-order valence-corrected chi connectivity index (χ1v) is 6.88. The second kappa shape index (κ2) is 6.72. The highest BCUT2D eigenvalue weighted by Crippen LogP contribution is 2.34. The van der Waals surface area contributed by atoms with Crippen LogP contribution < -0.4 is 5.32 Å². The molecule has 0 aromatic rings. The minimum absolute atomic E-state index is 0.242. The molecule has 0 amide bonds. The van der Waals surface area contributed by atoms with E-state index in [4.69, 9.17) is 9.47 Å². The lowest BCUT2D eigenvalue weighted by Crippen LogP contribution is -2.40. The van der Waals surface area contributed by atoms with Crippen LogP contribution in [0.4, 0.5) is 0 Å². The standard InChI is InChI=1S/C14H29NO2/c1-6-16-10-11(2)15-9-12-7-8-17-13(12)14(3,4)5/h11-13,15H,6-10H2,1-5H3/t11-,12+,13-/m0/s1.